The van der Waals surface area contributed by atoms with Gasteiger partial charge in [0.25, 0.3) is 0 Å². The van der Waals surface area contributed by atoms with E-state index in [1.807, 2.05) is 11.3 Å². The Morgan fingerprint density at radius 2 is 0.744 bits per heavy atom. The Hall–Kier alpha value is -9.74. The van der Waals surface area contributed by atoms with Gasteiger partial charge in [0.2, 0.25) is 0 Å². The minimum absolute atomic E-state index is 0.203. The summed E-state index contributed by atoms with van der Waals surface area (Å²) in [5, 5.41) is 4.73. The highest BCUT2D eigenvalue weighted by Crippen LogP contribution is 2.68. The van der Waals surface area contributed by atoms with Crippen LogP contribution in [0.2, 0.25) is 0 Å². The molecule has 4 heteroatoms. The summed E-state index contributed by atoms with van der Waals surface area (Å²) in [5.41, 5.74) is 27.6. The van der Waals surface area contributed by atoms with Gasteiger partial charge in [-0.15, -0.1) is 11.3 Å². The third-order valence-corrected chi connectivity index (χ3v) is 21.7. The molecule has 1 spiro atoms. The molecule has 18 rings (SSSR count). The van der Waals surface area contributed by atoms with Crippen molar-refractivity contribution in [3.8, 4) is 33.4 Å². The number of furan rings is 1. The standard InChI is InChI=1S/C82H60N2OS/c1-79(2)59-33-17-13-29-53(59)55-43-41-51(45-65(55)79)83(49-25-9-7-10-26-49)69-47-68-76(78-73(69)58-32-16-24-40-72(58)86-78)75-67(82(68)63-37-21-19-35-61(63)81(5,6)62-36-20-22-38-64(62)82)48-70(77-74(75)57-31-15-23-39-71(57)85-77)84(50-27-11-8-12-28-50)52-42-44-56-54-30-14-18-34-60(54)80(3,4)66(56)46-52/h7-48H,1-6H3. The van der Waals surface area contributed by atoms with Gasteiger partial charge in [-0.2, -0.15) is 0 Å². The number of nitrogens with zero attached hydrogens (tertiary/aromatic N) is 2. The molecule has 0 aliphatic heterocycles. The van der Waals surface area contributed by atoms with Crippen LogP contribution in [0, 0.1) is 0 Å². The van der Waals surface area contributed by atoms with Gasteiger partial charge in [-0.3, -0.25) is 0 Å². The summed E-state index contributed by atoms with van der Waals surface area (Å²) in [6, 6.07) is 96.5. The number of fused-ring (bicyclic) bond motifs is 23. The molecule has 0 saturated heterocycles. The predicted octanol–water partition coefficient (Wildman–Crippen LogP) is 22.5. The summed E-state index contributed by atoms with van der Waals surface area (Å²) in [4.78, 5) is 5.08. The van der Waals surface area contributed by atoms with Gasteiger partial charge in [0.05, 0.1) is 16.8 Å². The molecule has 2 aromatic heterocycles. The van der Waals surface area contributed by atoms with E-state index in [1.165, 1.54) is 109 Å². The number of para-hydroxylation sites is 3. The topological polar surface area (TPSA) is 19.6 Å². The minimum Gasteiger partial charge on any atom is -0.454 e. The van der Waals surface area contributed by atoms with Crippen molar-refractivity contribution in [2.45, 2.75) is 63.2 Å². The molecule has 0 atom stereocenters. The quantitative estimate of drug-likeness (QED) is 0.165. The Morgan fingerprint density at radius 1 is 0.314 bits per heavy atom. The van der Waals surface area contributed by atoms with Crippen LogP contribution in [0.5, 0.6) is 0 Å². The molecule has 14 aromatic rings. The molecule has 0 bridgehead atoms. The van der Waals surface area contributed by atoms with Crippen LogP contribution < -0.4 is 9.80 Å². The van der Waals surface area contributed by atoms with E-state index in [-0.39, 0.29) is 16.2 Å². The number of rotatable bonds is 6. The molecule has 2 heterocycles. The van der Waals surface area contributed by atoms with Crippen molar-refractivity contribution in [1.82, 2.24) is 0 Å². The maximum absolute atomic E-state index is 7.56. The SMILES string of the molecule is CC1(C)c2ccccc2-c2ccc(N(c3ccccc3)c3cc4c(c5c3oc3ccccc35)-c3c(cc(N(c5ccccc5)c5ccc6c(c5)C(C)(C)c5ccccc5-6)c5c3sc3ccccc35)C43c4ccccc4C(C)(C)c4ccccc43)cc21. The fourth-order valence-electron chi connectivity index (χ4n) is 16.6. The van der Waals surface area contributed by atoms with E-state index in [2.05, 4.69) is 306 Å². The predicted molar refractivity (Wildman–Crippen MR) is 361 cm³/mol. The molecule has 0 N–H and O–H groups in total. The van der Waals surface area contributed by atoms with E-state index in [0.717, 1.165) is 56.1 Å². The second kappa shape index (κ2) is 17.4. The summed E-state index contributed by atoms with van der Waals surface area (Å²) in [6.07, 6.45) is 0. The van der Waals surface area contributed by atoms with Crippen LogP contribution in [0.3, 0.4) is 0 Å². The number of benzene rings is 12. The largest absolute Gasteiger partial charge is 0.454 e. The van der Waals surface area contributed by atoms with E-state index >= 15 is 0 Å². The van der Waals surface area contributed by atoms with E-state index in [1.54, 1.807) is 0 Å². The maximum atomic E-state index is 7.56. The van der Waals surface area contributed by atoms with Crippen LogP contribution in [-0.4, -0.2) is 0 Å². The first-order valence-electron chi connectivity index (χ1n) is 30.3. The second-order valence-corrected chi connectivity index (χ2v) is 26.9. The fraction of sp³-hybridized carbons (Fsp3) is 0.122. The Morgan fingerprint density at radius 3 is 1.33 bits per heavy atom. The van der Waals surface area contributed by atoms with Crippen molar-refractivity contribution in [2.24, 2.45) is 0 Å². The lowest BCUT2D eigenvalue weighted by Gasteiger charge is -2.47. The van der Waals surface area contributed by atoms with Crippen LogP contribution in [-0.2, 0) is 21.7 Å². The molecular weight excluding hydrogens is 1060 g/mol. The average molecular weight is 1120 g/mol. The summed E-state index contributed by atoms with van der Waals surface area (Å²) < 4.78 is 10.1. The van der Waals surface area contributed by atoms with Gasteiger partial charge in [-0.1, -0.05) is 224 Å². The Balaban J connectivity index is 1.01. The molecule has 0 unspecified atom stereocenters. The lowest BCUT2D eigenvalue weighted by atomic mass is 9.55. The van der Waals surface area contributed by atoms with Gasteiger partial charge in [0, 0.05) is 81.1 Å². The van der Waals surface area contributed by atoms with Crippen LogP contribution in [0.1, 0.15) is 97.2 Å². The number of hydrogen-bond donors (Lipinski definition) is 0. The summed E-state index contributed by atoms with van der Waals surface area (Å²) in [7, 11) is 0. The normalized spacial score (nSPS) is 15.5. The molecule has 0 amide bonds. The van der Waals surface area contributed by atoms with Gasteiger partial charge in [-0.05, 0) is 151 Å². The second-order valence-electron chi connectivity index (χ2n) is 25.9. The van der Waals surface area contributed by atoms with E-state index < -0.39 is 5.41 Å². The van der Waals surface area contributed by atoms with Crippen molar-refractivity contribution in [3.05, 3.63) is 310 Å². The van der Waals surface area contributed by atoms with E-state index in [0.29, 0.717) is 0 Å². The Kier molecular flexibility index (Phi) is 10.1. The fourth-order valence-corrected chi connectivity index (χ4v) is 17.9. The first-order valence-corrected chi connectivity index (χ1v) is 31.1. The molecule has 0 fully saturated rings. The summed E-state index contributed by atoms with van der Waals surface area (Å²) in [6.45, 7) is 14.4. The van der Waals surface area contributed by atoms with Crippen LogP contribution in [0.15, 0.2) is 259 Å². The van der Waals surface area contributed by atoms with Gasteiger partial charge < -0.3 is 14.2 Å². The highest BCUT2D eigenvalue weighted by atomic mass is 32.1. The summed E-state index contributed by atoms with van der Waals surface area (Å²) >= 11 is 1.93. The van der Waals surface area contributed by atoms with E-state index in [9.17, 15) is 0 Å². The zero-order valence-electron chi connectivity index (χ0n) is 49.0. The number of thiophene rings is 1. The third kappa shape index (κ3) is 6.36. The monoisotopic (exact) mass is 1120 g/mol. The third-order valence-electron chi connectivity index (χ3n) is 20.5. The van der Waals surface area contributed by atoms with Crippen molar-refractivity contribution in [2.75, 3.05) is 9.80 Å². The number of hydrogen-bond acceptors (Lipinski definition) is 4. The van der Waals surface area contributed by atoms with Crippen LogP contribution in [0.25, 0.3) is 75.5 Å². The molecular formula is C82H60N2OS. The zero-order valence-corrected chi connectivity index (χ0v) is 49.8. The first-order chi connectivity index (χ1) is 42.0. The summed E-state index contributed by atoms with van der Waals surface area (Å²) in [5.74, 6) is 0. The molecule has 3 nitrogen and oxygen atoms in total. The highest BCUT2D eigenvalue weighted by Gasteiger charge is 2.56. The lowest BCUT2D eigenvalue weighted by Crippen LogP contribution is -2.40. The molecule has 0 saturated carbocycles. The van der Waals surface area contributed by atoms with Crippen LogP contribution >= 0.6 is 11.3 Å². The molecule has 12 aromatic carbocycles. The lowest BCUT2D eigenvalue weighted by molar-refractivity contribution is 0.563. The molecule has 410 valence electrons. The smallest absolute Gasteiger partial charge is 0.160 e. The number of anilines is 6. The van der Waals surface area contributed by atoms with Gasteiger partial charge in [0.15, 0.2) is 5.58 Å². The zero-order chi connectivity index (χ0) is 57.6. The van der Waals surface area contributed by atoms with Gasteiger partial charge >= 0.3 is 0 Å². The van der Waals surface area contributed by atoms with Gasteiger partial charge in [0.1, 0.15) is 5.58 Å². The van der Waals surface area contributed by atoms with Crippen molar-refractivity contribution < 1.29 is 4.42 Å². The molecule has 4 aliphatic carbocycles. The molecule has 86 heavy (non-hydrogen) atoms. The van der Waals surface area contributed by atoms with Crippen molar-refractivity contribution in [3.63, 3.8) is 0 Å². The van der Waals surface area contributed by atoms with Gasteiger partial charge in [-0.25, -0.2) is 0 Å². The van der Waals surface area contributed by atoms with E-state index in [4.69, 9.17) is 4.42 Å². The molecule has 0 radical (unpaired) electrons. The minimum atomic E-state index is -0.818. The van der Waals surface area contributed by atoms with Crippen LogP contribution in [0.4, 0.5) is 34.1 Å². The Labute approximate surface area is 505 Å². The van der Waals surface area contributed by atoms with Crippen molar-refractivity contribution in [1.29, 1.82) is 0 Å². The Bertz CT molecular complexity index is 5180. The average Bonchev–Trinajstić information content (AvgIpc) is 1.45. The molecule has 4 aliphatic rings. The maximum Gasteiger partial charge on any atom is 0.160 e. The van der Waals surface area contributed by atoms with Crippen molar-refractivity contribution >= 4 is 87.6 Å². The first kappa shape index (κ1) is 49.7. The highest BCUT2D eigenvalue weighted by molar-refractivity contribution is 7.26.